The monoisotopic (exact) mass is 606 g/mol. The topological polar surface area (TPSA) is 37.9 Å². The molecule has 3 nitrogen and oxygen atoms in total. The third-order valence-corrected chi connectivity index (χ3v) is 8.93. The number of hydrogen-bond donors (Lipinski definition) is 0. The van der Waals surface area contributed by atoms with Crippen LogP contribution in [0.2, 0.25) is 0 Å². The Morgan fingerprint density at radius 1 is 0.973 bits per heavy atom. The van der Waals surface area contributed by atoms with Gasteiger partial charge in [0.25, 0.3) is 0 Å². The van der Waals surface area contributed by atoms with Crippen molar-refractivity contribution in [3.05, 3.63) is 105 Å². The van der Waals surface area contributed by atoms with E-state index in [1.54, 1.807) is 0 Å². The molecule has 0 aliphatic heterocycles. The van der Waals surface area contributed by atoms with E-state index in [9.17, 15) is 5.41 Å². The van der Waals surface area contributed by atoms with Gasteiger partial charge in [-0.1, -0.05) is 111 Å². The van der Waals surface area contributed by atoms with Crippen LogP contribution in [0.1, 0.15) is 92.3 Å². The molecule has 0 radical (unpaired) electrons. The lowest BCUT2D eigenvalue weighted by molar-refractivity contribution is 0.699. The lowest BCUT2D eigenvalue weighted by Gasteiger charge is -2.41. The minimum absolute atomic E-state index is 0.0720. The Kier molecular flexibility index (Phi) is 9.74. The van der Waals surface area contributed by atoms with E-state index in [2.05, 4.69) is 114 Å². The zero-order valence-electron chi connectivity index (χ0n) is 23.7. The highest BCUT2D eigenvalue weighted by Crippen LogP contribution is 2.39. The van der Waals surface area contributed by atoms with E-state index in [1.807, 2.05) is 30.1 Å². The van der Waals surface area contributed by atoms with Gasteiger partial charge in [0, 0.05) is 16.0 Å². The highest BCUT2D eigenvalue weighted by Gasteiger charge is 2.27. The molecule has 3 aromatic carbocycles. The maximum atomic E-state index is 12.1. The van der Waals surface area contributed by atoms with Crippen LogP contribution in [0.4, 0.5) is 5.69 Å². The standard InChI is InChI=1S/C33H41IN3/c1-9-22(4)26-20-23(5)30(24(6)21-26)37(31(35)27-17-13-12-16-25(27)10-2)32(36-8)28-18-14-15-19-29(28)33(7,34)11-3/h12-22H,9-11H2,1-8H3/q-1. The first-order valence-electron chi connectivity index (χ1n) is 13.4. The molecule has 0 N–H and O–H groups in total. The van der Waals surface area contributed by atoms with Gasteiger partial charge in [-0.05, 0) is 90.9 Å². The summed E-state index contributed by atoms with van der Waals surface area (Å²) in [4.78, 5) is 6.85. The average molecular weight is 607 g/mol. The van der Waals surface area contributed by atoms with E-state index in [-0.39, 0.29) is 9.26 Å². The van der Waals surface area contributed by atoms with E-state index in [1.165, 1.54) is 11.1 Å². The van der Waals surface area contributed by atoms with E-state index < -0.39 is 0 Å². The van der Waals surface area contributed by atoms with Crippen molar-refractivity contribution in [1.82, 2.24) is 0 Å². The predicted molar refractivity (Wildman–Crippen MR) is 171 cm³/mol. The quantitative estimate of drug-likeness (QED) is 0.109. The fourth-order valence-corrected chi connectivity index (χ4v) is 5.48. The van der Waals surface area contributed by atoms with Crippen molar-refractivity contribution in [1.29, 1.82) is 0 Å². The number of alkyl halides is 1. The van der Waals surface area contributed by atoms with Gasteiger partial charge in [0.1, 0.15) is 0 Å². The summed E-state index contributed by atoms with van der Waals surface area (Å²) in [6.45, 7) is 15.4. The molecule has 0 aliphatic rings. The van der Waals surface area contributed by atoms with Crippen molar-refractivity contribution >= 4 is 39.9 Å². The van der Waals surface area contributed by atoms with E-state index >= 15 is 0 Å². The first-order chi connectivity index (χ1) is 17.6. The van der Waals surface area contributed by atoms with Crippen molar-refractivity contribution in [2.75, 3.05) is 11.9 Å². The highest BCUT2D eigenvalue weighted by molar-refractivity contribution is 14.1. The largest absolute Gasteiger partial charge is 0.464 e. The summed E-state index contributed by atoms with van der Waals surface area (Å²) in [5, 5.41) is 12.1. The second-order valence-electron chi connectivity index (χ2n) is 10.1. The lowest BCUT2D eigenvalue weighted by atomic mass is 9.90. The Hall–Kier alpha value is -2.47. The maximum absolute atomic E-state index is 12.1. The van der Waals surface area contributed by atoms with Crippen LogP contribution < -0.4 is 4.90 Å². The maximum Gasteiger partial charge on any atom is 0.0566 e. The van der Waals surface area contributed by atoms with Crippen molar-refractivity contribution in [2.24, 2.45) is 4.99 Å². The molecular weight excluding hydrogens is 565 g/mol. The van der Waals surface area contributed by atoms with Crippen LogP contribution in [-0.4, -0.2) is 18.7 Å². The highest BCUT2D eigenvalue weighted by atomic mass is 127. The first-order valence-corrected chi connectivity index (χ1v) is 14.5. The Labute approximate surface area is 238 Å². The summed E-state index contributed by atoms with van der Waals surface area (Å²) >= 11 is 2.55. The smallest absolute Gasteiger partial charge is 0.0566 e. The summed E-state index contributed by atoms with van der Waals surface area (Å²) in [7, 11) is 1.83. The summed E-state index contributed by atoms with van der Waals surface area (Å²) in [5.41, 5.74) is 8.76. The van der Waals surface area contributed by atoms with Crippen LogP contribution in [0.5, 0.6) is 0 Å². The zero-order valence-corrected chi connectivity index (χ0v) is 25.8. The number of aryl methyl sites for hydroxylation is 3. The molecular formula is C33H41IN3-. The molecule has 2 atom stereocenters. The molecule has 3 aromatic rings. The number of aliphatic imine (C=N–C) groups is 1. The van der Waals surface area contributed by atoms with Crippen molar-refractivity contribution in [2.45, 2.75) is 77.1 Å². The van der Waals surface area contributed by atoms with E-state index in [0.717, 1.165) is 58.6 Å². The summed E-state index contributed by atoms with van der Waals surface area (Å²) < 4.78 is -0.0720. The van der Waals surface area contributed by atoms with Gasteiger partial charge < -0.3 is 10.3 Å². The molecule has 0 spiro atoms. The van der Waals surface area contributed by atoms with Gasteiger partial charge >= 0.3 is 0 Å². The van der Waals surface area contributed by atoms with Gasteiger partial charge in [-0.3, -0.25) is 4.99 Å². The van der Waals surface area contributed by atoms with Gasteiger partial charge in [-0.25, -0.2) is 0 Å². The average Bonchev–Trinajstić information content (AvgIpc) is 2.91. The molecule has 196 valence electrons. The predicted octanol–water partition coefficient (Wildman–Crippen LogP) is 9.34. The molecule has 0 amide bonds. The van der Waals surface area contributed by atoms with Crippen LogP contribution in [0.25, 0.3) is 5.41 Å². The van der Waals surface area contributed by atoms with Crippen molar-refractivity contribution < 1.29 is 0 Å². The Bertz CT molecular complexity index is 1270. The molecule has 37 heavy (non-hydrogen) atoms. The lowest BCUT2D eigenvalue weighted by Crippen LogP contribution is -2.40. The first kappa shape index (κ1) is 29.1. The van der Waals surface area contributed by atoms with Crippen LogP contribution in [0, 0.1) is 13.8 Å². The molecule has 0 bridgehead atoms. The minimum Gasteiger partial charge on any atom is -0.464 e. The number of amidine groups is 2. The molecule has 0 saturated carbocycles. The van der Waals surface area contributed by atoms with Crippen molar-refractivity contribution in [3.63, 3.8) is 0 Å². The van der Waals surface area contributed by atoms with Gasteiger partial charge in [0.15, 0.2) is 0 Å². The van der Waals surface area contributed by atoms with Gasteiger partial charge in [-0.15, -0.1) is 0 Å². The minimum atomic E-state index is -0.0720. The zero-order chi connectivity index (χ0) is 27.3. The molecule has 0 saturated heterocycles. The molecule has 2 unspecified atom stereocenters. The van der Waals surface area contributed by atoms with Gasteiger partial charge in [-0.2, -0.15) is 0 Å². The second kappa shape index (κ2) is 12.4. The Morgan fingerprint density at radius 3 is 2.08 bits per heavy atom. The Morgan fingerprint density at radius 2 is 1.54 bits per heavy atom. The number of nitrogens with zero attached hydrogens (tertiary/aromatic N) is 3. The molecule has 0 aliphatic carbocycles. The fraction of sp³-hybridized carbons (Fsp3) is 0.394. The fourth-order valence-electron chi connectivity index (χ4n) is 5.01. The van der Waals surface area contributed by atoms with E-state index in [4.69, 9.17) is 4.99 Å². The molecule has 3 rings (SSSR count). The number of anilines is 1. The molecule has 0 heterocycles. The van der Waals surface area contributed by atoms with E-state index in [0.29, 0.717) is 5.92 Å². The van der Waals surface area contributed by atoms with Crippen LogP contribution in [0.3, 0.4) is 0 Å². The number of benzene rings is 3. The number of rotatable bonds is 8. The number of halogens is 1. The number of hydrogen-bond acceptors (Lipinski definition) is 1. The molecule has 0 fully saturated rings. The van der Waals surface area contributed by atoms with Gasteiger partial charge in [0.2, 0.25) is 0 Å². The third kappa shape index (κ3) is 6.00. The summed E-state index contributed by atoms with van der Waals surface area (Å²) in [6, 6.07) is 21.1. The SMILES string of the molecule is CCc1ccccc1C(=[N-])N(C(=NC)c1ccccc1C(C)(I)CC)c1c(C)cc(C(C)CC)cc1C. The van der Waals surface area contributed by atoms with Crippen LogP contribution in [-0.2, 0) is 9.84 Å². The summed E-state index contributed by atoms with van der Waals surface area (Å²) in [6.07, 6.45) is 2.90. The Balaban J connectivity index is 2.35. The molecule has 4 heteroatoms. The normalized spacial score (nSPS) is 14.2. The van der Waals surface area contributed by atoms with Gasteiger partial charge in [0.05, 0.1) is 5.84 Å². The van der Waals surface area contributed by atoms with Crippen LogP contribution in [0.15, 0.2) is 65.7 Å². The third-order valence-electron chi connectivity index (χ3n) is 7.59. The molecule has 0 aromatic heterocycles. The van der Waals surface area contributed by atoms with Crippen molar-refractivity contribution in [3.8, 4) is 0 Å². The summed E-state index contributed by atoms with van der Waals surface area (Å²) in [5.74, 6) is 1.43. The second-order valence-corrected chi connectivity index (χ2v) is 12.5. The van der Waals surface area contributed by atoms with Crippen LogP contribution >= 0.6 is 22.6 Å².